The Kier molecular flexibility index (Phi) is 6.97. The monoisotopic (exact) mass is 295 g/mol. The van der Waals surface area contributed by atoms with Gasteiger partial charge in [-0.1, -0.05) is 12.8 Å². The summed E-state index contributed by atoms with van der Waals surface area (Å²) in [7, 11) is 0. The fraction of sp³-hybridized carbons (Fsp3) is 0.941. The van der Waals surface area contributed by atoms with Crippen LogP contribution in [0, 0.1) is 5.92 Å². The molecule has 2 heterocycles. The first-order chi connectivity index (χ1) is 10.1. The van der Waals surface area contributed by atoms with E-state index in [2.05, 4.69) is 15.1 Å². The van der Waals surface area contributed by atoms with Crippen LogP contribution < -0.4 is 5.32 Å². The minimum Gasteiger partial charge on any atom is -0.353 e. The number of nitrogens with one attached hydrogen (secondary N) is 1. The van der Waals surface area contributed by atoms with Gasteiger partial charge in [0.1, 0.15) is 0 Å². The highest BCUT2D eigenvalue weighted by atomic mass is 16.2. The van der Waals surface area contributed by atoms with Crippen LogP contribution in [0.4, 0.5) is 0 Å². The maximum atomic E-state index is 11.9. The van der Waals surface area contributed by atoms with E-state index in [9.17, 15) is 4.79 Å². The Labute approximate surface area is 130 Å². The molecule has 1 amide bonds. The molecule has 2 saturated heterocycles. The zero-order chi connectivity index (χ0) is 15.1. The van der Waals surface area contributed by atoms with E-state index in [1.54, 1.807) is 0 Å². The standard InChI is InChI=1S/C17H33N3O/c1-15(2)18-17(21)14-20-11-7-8-16(13-20)12-19-9-5-3-4-6-10-19/h15-16H,3-14H2,1-2H3,(H,18,21). The summed E-state index contributed by atoms with van der Waals surface area (Å²) in [5, 5.41) is 3.00. The molecule has 21 heavy (non-hydrogen) atoms. The molecule has 2 fully saturated rings. The van der Waals surface area contributed by atoms with Crippen LogP contribution in [0.1, 0.15) is 52.4 Å². The molecule has 0 aliphatic carbocycles. The second-order valence-electron chi connectivity index (χ2n) is 7.18. The molecule has 2 aliphatic rings. The van der Waals surface area contributed by atoms with E-state index in [0.29, 0.717) is 6.54 Å². The summed E-state index contributed by atoms with van der Waals surface area (Å²) in [6.45, 7) is 10.6. The maximum absolute atomic E-state index is 11.9. The molecular formula is C17H33N3O. The number of piperidine rings is 1. The fourth-order valence-corrected chi connectivity index (χ4v) is 3.70. The third-order valence-corrected chi connectivity index (χ3v) is 4.64. The van der Waals surface area contributed by atoms with Crippen LogP contribution in [-0.4, -0.2) is 61.0 Å². The first-order valence-electron chi connectivity index (χ1n) is 8.87. The van der Waals surface area contributed by atoms with E-state index in [1.807, 2.05) is 13.8 Å². The van der Waals surface area contributed by atoms with Crippen molar-refractivity contribution in [1.82, 2.24) is 15.1 Å². The van der Waals surface area contributed by atoms with Gasteiger partial charge < -0.3 is 10.2 Å². The van der Waals surface area contributed by atoms with Gasteiger partial charge in [-0.3, -0.25) is 9.69 Å². The number of hydrogen-bond acceptors (Lipinski definition) is 3. The van der Waals surface area contributed by atoms with Crippen LogP contribution in [-0.2, 0) is 4.79 Å². The van der Waals surface area contributed by atoms with Gasteiger partial charge in [0.05, 0.1) is 6.54 Å². The van der Waals surface area contributed by atoms with Crippen LogP contribution >= 0.6 is 0 Å². The van der Waals surface area contributed by atoms with Crippen LogP contribution in [0.5, 0.6) is 0 Å². The summed E-state index contributed by atoms with van der Waals surface area (Å²) in [5.41, 5.74) is 0. The van der Waals surface area contributed by atoms with E-state index in [1.165, 1.54) is 58.2 Å². The lowest BCUT2D eigenvalue weighted by Crippen LogP contribution is -2.46. The van der Waals surface area contributed by atoms with Crippen LogP contribution in [0.25, 0.3) is 0 Å². The van der Waals surface area contributed by atoms with E-state index in [4.69, 9.17) is 0 Å². The second-order valence-corrected chi connectivity index (χ2v) is 7.18. The van der Waals surface area contributed by atoms with Crippen molar-refractivity contribution in [3.8, 4) is 0 Å². The Bertz CT molecular complexity index is 311. The maximum Gasteiger partial charge on any atom is 0.234 e. The third kappa shape index (κ3) is 6.35. The van der Waals surface area contributed by atoms with Crippen molar-refractivity contribution < 1.29 is 4.79 Å². The average molecular weight is 295 g/mol. The molecule has 0 radical (unpaired) electrons. The highest BCUT2D eigenvalue weighted by Gasteiger charge is 2.23. The van der Waals surface area contributed by atoms with Crippen LogP contribution in [0.15, 0.2) is 0 Å². The molecule has 0 aromatic rings. The Morgan fingerprint density at radius 1 is 1.05 bits per heavy atom. The van der Waals surface area contributed by atoms with Crippen molar-refractivity contribution in [2.45, 2.75) is 58.4 Å². The molecule has 1 atom stereocenters. The van der Waals surface area contributed by atoms with Gasteiger partial charge in [-0.05, 0) is 65.1 Å². The lowest BCUT2D eigenvalue weighted by atomic mass is 9.97. The van der Waals surface area contributed by atoms with Gasteiger partial charge in [-0.2, -0.15) is 0 Å². The lowest BCUT2D eigenvalue weighted by molar-refractivity contribution is -0.123. The van der Waals surface area contributed by atoms with Crippen molar-refractivity contribution in [1.29, 1.82) is 0 Å². The van der Waals surface area contributed by atoms with E-state index < -0.39 is 0 Å². The van der Waals surface area contributed by atoms with Gasteiger partial charge in [0.15, 0.2) is 0 Å². The molecule has 0 aromatic carbocycles. The molecule has 0 saturated carbocycles. The molecule has 4 heteroatoms. The van der Waals surface area contributed by atoms with Crippen molar-refractivity contribution in [2.24, 2.45) is 5.92 Å². The van der Waals surface area contributed by atoms with E-state index >= 15 is 0 Å². The molecule has 4 nitrogen and oxygen atoms in total. The lowest BCUT2D eigenvalue weighted by Gasteiger charge is -2.35. The molecule has 0 bridgehead atoms. The Balaban J connectivity index is 1.73. The Morgan fingerprint density at radius 2 is 1.71 bits per heavy atom. The molecule has 1 unspecified atom stereocenters. The summed E-state index contributed by atoms with van der Waals surface area (Å²) in [4.78, 5) is 16.9. The van der Waals surface area contributed by atoms with Crippen LogP contribution in [0.3, 0.4) is 0 Å². The van der Waals surface area contributed by atoms with Gasteiger partial charge in [0.25, 0.3) is 0 Å². The first-order valence-corrected chi connectivity index (χ1v) is 8.87. The SMILES string of the molecule is CC(C)NC(=O)CN1CCCC(CN2CCCCCC2)C1. The molecule has 0 aromatic heterocycles. The summed E-state index contributed by atoms with van der Waals surface area (Å²) in [5.74, 6) is 0.934. The minimum absolute atomic E-state index is 0.181. The summed E-state index contributed by atoms with van der Waals surface area (Å²) in [6, 6.07) is 0.246. The van der Waals surface area contributed by atoms with Gasteiger partial charge in [-0.15, -0.1) is 0 Å². The van der Waals surface area contributed by atoms with Crippen molar-refractivity contribution in [3.05, 3.63) is 0 Å². The van der Waals surface area contributed by atoms with E-state index in [-0.39, 0.29) is 11.9 Å². The first kappa shape index (κ1) is 16.8. The summed E-state index contributed by atoms with van der Waals surface area (Å²) in [6.07, 6.45) is 8.12. The predicted octanol–water partition coefficient (Wildman–Crippen LogP) is 2.10. The molecule has 2 rings (SSSR count). The van der Waals surface area contributed by atoms with Crippen molar-refractivity contribution in [2.75, 3.05) is 39.3 Å². The Hall–Kier alpha value is -0.610. The molecule has 0 spiro atoms. The average Bonchev–Trinajstić information content (AvgIpc) is 2.66. The largest absolute Gasteiger partial charge is 0.353 e. The summed E-state index contributed by atoms with van der Waals surface area (Å²) < 4.78 is 0. The molecular weight excluding hydrogens is 262 g/mol. The number of nitrogens with zero attached hydrogens (tertiary/aromatic N) is 2. The smallest absolute Gasteiger partial charge is 0.234 e. The zero-order valence-corrected chi connectivity index (χ0v) is 13.9. The predicted molar refractivity (Wildman–Crippen MR) is 87.4 cm³/mol. The number of likely N-dealkylation sites (tertiary alicyclic amines) is 2. The molecule has 1 N–H and O–H groups in total. The minimum atomic E-state index is 0.181. The number of hydrogen-bond donors (Lipinski definition) is 1. The van der Waals surface area contributed by atoms with Gasteiger partial charge in [0.2, 0.25) is 5.91 Å². The quantitative estimate of drug-likeness (QED) is 0.844. The van der Waals surface area contributed by atoms with Gasteiger partial charge in [-0.25, -0.2) is 0 Å². The highest BCUT2D eigenvalue weighted by molar-refractivity contribution is 5.78. The zero-order valence-electron chi connectivity index (χ0n) is 13.9. The molecule has 122 valence electrons. The number of amides is 1. The second kappa shape index (κ2) is 8.74. The topological polar surface area (TPSA) is 35.6 Å². The normalized spacial score (nSPS) is 25.8. The third-order valence-electron chi connectivity index (χ3n) is 4.64. The van der Waals surface area contributed by atoms with Crippen LogP contribution in [0.2, 0.25) is 0 Å². The van der Waals surface area contributed by atoms with E-state index in [0.717, 1.165) is 19.0 Å². The fourth-order valence-electron chi connectivity index (χ4n) is 3.70. The summed E-state index contributed by atoms with van der Waals surface area (Å²) >= 11 is 0. The number of carbonyl (C=O) groups is 1. The highest BCUT2D eigenvalue weighted by Crippen LogP contribution is 2.19. The molecule has 2 aliphatic heterocycles. The van der Waals surface area contributed by atoms with Crippen molar-refractivity contribution in [3.63, 3.8) is 0 Å². The van der Waals surface area contributed by atoms with Gasteiger partial charge in [0, 0.05) is 19.1 Å². The van der Waals surface area contributed by atoms with Crippen molar-refractivity contribution >= 4 is 5.91 Å². The number of rotatable bonds is 5. The Morgan fingerprint density at radius 3 is 2.38 bits per heavy atom. The van der Waals surface area contributed by atoms with Gasteiger partial charge >= 0.3 is 0 Å². The number of carbonyl (C=O) groups excluding carboxylic acids is 1.